The minimum atomic E-state index is -3.32. The Balaban J connectivity index is 1.98. The molecule has 0 N–H and O–H groups in total. The van der Waals surface area contributed by atoms with Gasteiger partial charge in [0.2, 0.25) is 0 Å². The molecular formula is C21H20BrO3P. The first kappa shape index (κ1) is 19.1. The van der Waals surface area contributed by atoms with E-state index in [1.165, 1.54) is 19.8 Å². The monoisotopic (exact) mass is 430 g/mol. The van der Waals surface area contributed by atoms with Crippen molar-refractivity contribution in [1.82, 2.24) is 0 Å². The second-order valence-electron chi connectivity index (χ2n) is 5.79. The molecule has 0 bridgehead atoms. The highest BCUT2D eigenvalue weighted by atomic mass is 79.9. The van der Waals surface area contributed by atoms with Gasteiger partial charge >= 0.3 is 7.60 Å². The third-order valence-corrected chi connectivity index (χ3v) is 6.91. The quantitative estimate of drug-likeness (QED) is 0.353. The van der Waals surface area contributed by atoms with Crippen molar-refractivity contribution in [2.45, 2.75) is 5.33 Å². The Morgan fingerprint density at radius 2 is 1.27 bits per heavy atom. The van der Waals surface area contributed by atoms with Gasteiger partial charge in [-0.1, -0.05) is 82.7 Å². The molecule has 3 nitrogen and oxygen atoms in total. The van der Waals surface area contributed by atoms with Crippen molar-refractivity contribution in [1.29, 1.82) is 0 Å². The average molecular weight is 431 g/mol. The van der Waals surface area contributed by atoms with Crippen LogP contribution in [0, 0.1) is 0 Å². The van der Waals surface area contributed by atoms with E-state index in [9.17, 15) is 4.57 Å². The summed E-state index contributed by atoms with van der Waals surface area (Å²) in [6, 6.07) is 24.1. The van der Waals surface area contributed by atoms with Crippen molar-refractivity contribution in [3.05, 3.63) is 78.4 Å². The molecule has 134 valence electrons. The fraction of sp³-hybridized carbons (Fsp3) is 0.143. The van der Waals surface area contributed by atoms with Crippen molar-refractivity contribution in [3.63, 3.8) is 0 Å². The van der Waals surface area contributed by atoms with Crippen LogP contribution in [0.2, 0.25) is 0 Å². The molecule has 26 heavy (non-hydrogen) atoms. The number of halogens is 1. The molecule has 5 heteroatoms. The van der Waals surface area contributed by atoms with Gasteiger partial charge in [0.15, 0.2) is 0 Å². The molecule has 0 aliphatic carbocycles. The minimum absolute atomic E-state index is 0.569. The molecule has 0 fully saturated rings. The van der Waals surface area contributed by atoms with Crippen LogP contribution in [0.3, 0.4) is 0 Å². The van der Waals surface area contributed by atoms with Gasteiger partial charge in [-0.15, -0.1) is 0 Å². The van der Waals surface area contributed by atoms with Crippen molar-refractivity contribution >= 4 is 28.8 Å². The molecule has 3 rings (SSSR count). The van der Waals surface area contributed by atoms with Crippen LogP contribution < -0.4 is 5.30 Å². The minimum Gasteiger partial charge on any atom is -0.309 e. The Morgan fingerprint density at radius 1 is 0.769 bits per heavy atom. The van der Waals surface area contributed by atoms with Gasteiger partial charge < -0.3 is 9.05 Å². The largest absolute Gasteiger partial charge is 0.361 e. The van der Waals surface area contributed by atoms with E-state index in [-0.39, 0.29) is 0 Å². The summed E-state index contributed by atoms with van der Waals surface area (Å²) in [5.74, 6) is 0. The normalized spacial score (nSPS) is 11.5. The molecule has 0 heterocycles. The predicted molar refractivity (Wildman–Crippen MR) is 111 cm³/mol. The standard InChI is InChI=1S/C21H20BrO3P/c1-24-26(23,25-2)21-6-4-3-5-20(21)19-13-11-18(12-14-19)17-9-7-16(15-22)8-10-17/h3-14H,15H2,1-2H3. The molecule has 3 aromatic carbocycles. The molecule has 3 aromatic rings. The second-order valence-corrected chi connectivity index (χ2v) is 8.56. The molecule has 0 aromatic heterocycles. The summed E-state index contributed by atoms with van der Waals surface area (Å²) in [6.45, 7) is 0. The van der Waals surface area contributed by atoms with Crippen LogP contribution in [0.4, 0.5) is 0 Å². The van der Waals surface area contributed by atoms with E-state index in [4.69, 9.17) is 9.05 Å². The summed E-state index contributed by atoms with van der Waals surface area (Å²) in [7, 11) is -0.513. The van der Waals surface area contributed by atoms with E-state index < -0.39 is 7.60 Å². The fourth-order valence-electron chi connectivity index (χ4n) is 2.86. The van der Waals surface area contributed by atoms with Gasteiger partial charge in [0.05, 0.1) is 5.30 Å². The molecule has 0 unspecified atom stereocenters. The Hall–Kier alpha value is -1.71. The maximum absolute atomic E-state index is 12.8. The van der Waals surface area contributed by atoms with Crippen molar-refractivity contribution in [3.8, 4) is 22.3 Å². The molecule has 0 amide bonds. The zero-order chi connectivity index (χ0) is 18.6. The maximum Gasteiger partial charge on any atom is 0.361 e. The van der Waals surface area contributed by atoms with Crippen LogP contribution in [0.15, 0.2) is 72.8 Å². The first-order chi connectivity index (χ1) is 12.6. The number of hydrogen-bond donors (Lipinski definition) is 0. The fourth-order valence-corrected chi connectivity index (χ4v) is 4.54. The molecular weight excluding hydrogens is 411 g/mol. The lowest BCUT2D eigenvalue weighted by Gasteiger charge is -2.17. The molecule has 0 radical (unpaired) electrons. The number of rotatable bonds is 6. The van der Waals surface area contributed by atoms with Crippen LogP contribution in [-0.4, -0.2) is 14.2 Å². The van der Waals surface area contributed by atoms with Crippen LogP contribution in [-0.2, 0) is 18.9 Å². The van der Waals surface area contributed by atoms with Crippen LogP contribution in [0.25, 0.3) is 22.3 Å². The topological polar surface area (TPSA) is 35.5 Å². The number of benzene rings is 3. The Kier molecular flexibility index (Phi) is 6.10. The Morgan fingerprint density at radius 3 is 1.81 bits per heavy atom. The third-order valence-electron chi connectivity index (χ3n) is 4.32. The van der Waals surface area contributed by atoms with E-state index in [1.54, 1.807) is 6.07 Å². The van der Waals surface area contributed by atoms with Crippen LogP contribution >= 0.6 is 23.5 Å². The van der Waals surface area contributed by atoms with E-state index in [1.807, 2.05) is 30.3 Å². The van der Waals surface area contributed by atoms with E-state index in [0.29, 0.717) is 5.30 Å². The number of hydrogen-bond acceptors (Lipinski definition) is 3. The van der Waals surface area contributed by atoms with Crippen molar-refractivity contribution in [2.24, 2.45) is 0 Å². The Labute approximate surface area is 162 Å². The highest BCUT2D eigenvalue weighted by Gasteiger charge is 2.27. The maximum atomic E-state index is 12.8. The van der Waals surface area contributed by atoms with E-state index in [2.05, 4.69) is 52.3 Å². The van der Waals surface area contributed by atoms with E-state index in [0.717, 1.165) is 27.6 Å². The van der Waals surface area contributed by atoms with E-state index >= 15 is 0 Å². The number of alkyl halides is 1. The third kappa shape index (κ3) is 3.84. The van der Waals surface area contributed by atoms with Gasteiger partial charge in [-0.2, -0.15) is 0 Å². The van der Waals surface area contributed by atoms with Crippen molar-refractivity contribution in [2.75, 3.05) is 14.2 Å². The molecule has 0 saturated carbocycles. The highest BCUT2D eigenvalue weighted by molar-refractivity contribution is 9.08. The lowest BCUT2D eigenvalue weighted by Crippen LogP contribution is -2.10. The molecule has 0 atom stereocenters. The summed E-state index contributed by atoms with van der Waals surface area (Å²) < 4.78 is 23.2. The predicted octanol–water partition coefficient (Wildman–Crippen LogP) is 6.03. The molecule has 0 spiro atoms. The zero-order valence-corrected chi connectivity index (χ0v) is 17.2. The van der Waals surface area contributed by atoms with Crippen molar-refractivity contribution < 1.29 is 13.6 Å². The van der Waals surface area contributed by atoms with Gasteiger partial charge in [-0.05, 0) is 33.9 Å². The first-order valence-electron chi connectivity index (χ1n) is 8.18. The lowest BCUT2D eigenvalue weighted by molar-refractivity contribution is 0.287. The molecule has 0 saturated heterocycles. The van der Waals surface area contributed by atoms with Crippen LogP contribution in [0.1, 0.15) is 5.56 Å². The molecule has 0 aliphatic heterocycles. The summed E-state index contributed by atoms with van der Waals surface area (Å²) in [5.41, 5.74) is 5.36. The molecule has 0 aliphatic rings. The summed E-state index contributed by atoms with van der Waals surface area (Å²) in [5, 5.41) is 1.42. The van der Waals surface area contributed by atoms with Crippen LogP contribution in [0.5, 0.6) is 0 Å². The zero-order valence-electron chi connectivity index (χ0n) is 14.7. The average Bonchev–Trinajstić information content (AvgIpc) is 2.73. The summed E-state index contributed by atoms with van der Waals surface area (Å²) >= 11 is 3.46. The van der Waals surface area contributed by atoms with Gasteiger partial charge in [-0.25, -0.2) is 0 Å². The lowest BCUT2D eigenvalue weighted by atomic mass is 10.00. The SMILES string of the molecule is COP(=O)(OC)c1ccccc1-c1ccc(-c2ccc(CBr)cc2)cc1. The van der Waals surface area contributed by atoms with Gasteiger partial charge in [-0.3, -0.25) is 4.57 Å². The van der Waals surface area contributed by atoms with Gasteiger partial charge in [0.25, 0.3) is 0 Å². The smallest absolute Gasteiger partial charge is 0.309 e. The summed E-state index contributed by atoms with van der Waals surface area (Å²) in [4.78, 5) is 0. The van der Waals surface area contributed by atoms with Gasteiger partial charge in [0, 0.05) is 19.5 Å². The van der Waals surface area contributed by atoms with Gasteiger partial charge in [0.1, 0.15) is 0 Å². The second kappa shape index (κ2) is 8.32. The highest BCUT2D eigenvalue weighted by Crippen LogP contribution is 2.47. The first-order valence-corrected chi connectivity index (χ1v) is 10.8. The Bertz CT molecular complexity index is 913. The summed E-state index contributed by atoms with van der Waals surface area (Å²) in [6.07, 6.45) is 0.